The molecule has 5 heteroatoms. The number of fused-ring (bicyclic) bond motifs is 1. The maximum Gasteiger partial charge on any atom is 0.356 e. The molecule has 1 aliphatic heterocycles. The first-order chi connectivity index (χ1) is 6.81. The number of carbonyl (C=O) groups is 1. The van der Waals surface area contributed by atoms with Crippen LogP contribution in [0.25, 0.3) is 0 Å². The smallest absolute Gasteiger partial charge is 0.356 e. The van der Waals surface area contributed by atoms with Crippen LogP contribution in [0.5, 0.6) is 0 Å². The minimum atomic E-state index is -0.369. The van der Waals surface area contributed by atoms with Gasteiger partial charge in [-0.1, -0.05) is 0 Å². The molecule has 0 unspecified atom stereocenters. The third kappa shape index (κ3) is 2.46. The number of halogens is 1. The molecule has 4 nitrogen and oxygen atoms in total. The molecular weight excluding hydrogens is 216 g/mol. The second kappa shape index (κ2) is 5.09. The minimum absolute atomic E-state index is 0. The van der Waals surface area contributed by atoms with E-state index in [9.17, 15) is 4.79 Å². The van der Waals surface area contributed by atoms with Crippen molar-refractivity contribution in [2.45, 2.75) is 13.0 Å². The Bertz CT molecular complexity index is 368. The van der Waals surface area contributed by atoms with Gasteiger partial charge in [0.1, 0.15) is 5.69 Å². The number of pyridine rings is 1. The van der Waals surface area contributed by atoms with Crippen LogP contribution in [0.4, 0.5) is 0 Å². The van der Waals surface area contributed by atoms with Gasteiger partial charge < -0.3 is 10.1 Å². The highest BCUT2D eigenvalue weighted by atomic mass is 35.5. The summed E-state index contributed by atoms with van der Waals surface area (Å²) in [5.41, 5.74) is 2.76. The zero-order valence-electron chi connectivity index (χ0n) is 8.45. The summed E-state index contributed by atoms with van der Waals surface area (Å²) in [5.74, 6) is -0.369. The predicted molar refractivity (Wildman–Crippen MR) is 58.2 cm³/mol. The third-order valence-electron chi connectivity index (χ3n) is 2.36. The lowest BCUT2D eigenvalue weighted by Crippen LogP contribution is -2.24. The number of hydrogen-bond donors (Lipinski definition) is 1. The molecule has 1 aromatic rings. The van der Waals surface area contributed by atoms with Gasteiger partial charge in [0.05, 0.1) is 7.11 Å². The normalized spacial score (nSPS) is 13.7. The number of carbonyl (C=O) groups excluding carboxylic acids is 1. The predicted octanol–water partition coefficient (Wildman–Crippen LogP) is 0.936. The zero-order valence-corrected chi connectivity index (χ0v) is 9.26. The van der Waals surface area contributed by atoms with Crippen molar-refractivity contribution in [3.05, 3.63) is 29.1 Å². The molecule has 0 radical (unpaired) electrons. The van der Waals surface area contributed by atoms with Gasteiger partial charge in [-0.3, -0.25) is 0 Å². The first-order valence-electron chi connectivity index (χ1n) is 4.58. The minimum Gasteiger partial charge on any atom is -0.464 e. The van der Waals surface area contributed by atoms with Crippen LogP contribution >= 0.6 is 12.4 Å². The van der Waals surface area contributed by atoms with Crippen LogP contribution in [0.1, 0.15) is 21.6 Å². The fourth-order valence-electron chi connectivity index (χ4n) is 1.58. The zero-order chi connectivity index (χ0) is 9.97. The number of aromatic nitrogens is 1. The summed E-state index contributed by atoms with van der Waals surface area (Å²) in [6, 6.07) is 1.82. The monoisotopic (exact) mass is 228 g/mol. The van der Waals surface area contributed by atoms with E-state index in [1.54, 1.807) is 6.20 Å². The fourth-order valence-corrected chi connectivity index (χ4v) is 1.58. The van der Waals surface area contributed by atoms with Crippen molar-refractivity contribution in [2.24, 2.45) is 0 Å². The Labute approximate surface area is 94.4 Å². The third-order valence-corrected chi connectivity index (χ3v) is 2.36. The van der Waals surface area contributed by atoms with Gasteiger partial charge in [0.2, 0.25) is 0 Å². The number of methoxy groups -OCH3 is 1. The second-order valence-electron chi connectivity index (χ2n) is 3.26. The molecule has 0 saturated heterocycles. The molecule has 1 aromatic heterocycles. The first-order valence-corrected chi connectivity index (χ1v) is 4.58. The van der Waals surface area contributed by atoms with E-state index in [0.717, 1.165) is 19.5 Å². The highest BCUT2D eigenvalue weighted by molar-refractivity contribution is 5.87. The van der Waals surface area contributed by atoms with E-state index in [-0.39, 0.29) is 18.4 Å². The molecule has 0 spiro atoms. The number of nitrogens with one attached hydrogen (secondary N) is 1. The lowest BCUT2D eigenvalue weighted by Gasteiger charge is -2.16. The van der Waals surface area contributed by atoms with Crippen molar-refractivity contribution in [1.82, 2.24) is 10.3 Å². The van der Waals surface area contributed by atoms with Crippen LogP contribution in [0.15, 0.2) is 12.3 Å². The number of esters is 1. The highest BCUT2D eigenvalue weighted by Gasteiger charge is 2.13. The van der Waals surface area contributed by atoms with Crippen molar-refractivity contribution >= 4 is 18.4 Å². The topological polar surface area (TPSA) is 51.2 Å². The first kappa shape index (κ1) is 11.9. The summed E-state index contributed by atoms with van der Waals surface area (Å²) in [6.07, 6.45) is 2.69. The van der Waals surface area contributed by atoms with E-state index in [4.69, 9.17) is 0 Å². The molecule has 0 aromatic carbocycles. The van der Waals surface area contributed by atoms with Crippen molar-refractivity contribution in [1.29, 1.82) is 0 Å². The molecule has 2 rings (SSSR count). The van der Waals surface area contributed by atoms with E-state index in [1.165, 1.54) is 18.2 Å². The van der Waals surface area contributed by atoms with Crippen LogP contribution in [0.2, 0.25) is 0 Å². The van der Waals surface area contributed by atoms with E-state index < -0.39 is 0 Å². The number of rotatable bonds is 1. The van der Waals surface area contributed by atoms with Gasteiger partial charge in [0.25, 0.3) is 0 Å². The Hall–Kier alpha value is -1.13. The molecule has 1 N–H and O–H groups in total. The molecule has 0 aliphatic carbocycles. The summed E-state index contributed by atoms with van der Waals surface area (Å²) in [6.45, 7) is 1.79. The van der Waals surface area contributed by atoms with Gasteiger partial charge >= 0.3 is 5.97 Å². The van der Waals surface area contributed by atoms with Gasteiger partial charge in [-0.05, 0) is 30.2 Å². The van der Waals surface area contributed by atoms with Crippen LogP contribution < -0.4 is 5.32 Å². The maximum atomic E-state index is 11.2. The fraction of sp³-hybridized carbons (Fsp3) is 0.400. The molecule has 0 saturated carbocycles. The summed E-state index contributed by atoms with van der Waals surface area (Å²) in [7, 11) is 1.37. The van der Waals surface area contributed by atoms with E-state index in [2.05, 4.69) is 15.0 Å². The maximum absolute atomic E-state index is 11.2. The lowest BCUT2D eigenvalue weighted by atomic mass is 10.0. The number of hydrogen-bond acceptors (Lipinski definition) is 4. The quantitative estimate of drug-likeness (QED) is 0.727. The van der Waals surface area contributed by atoms with Gasteiger partial charge in [-0.15, -0.1) is 12.4 Å². The van der Waals surface area contributed by atoms with Crippen LogP contribution in [0.3, 0.4) is 0 Å². The Balaban J connectivity index is 0.00000112. The van der Waals surface area contributed by atoms with E-state index in [0.29, 0.717) is 5.69 Å². The molecule has 0 atom stereocenters. The second-order valence-corrected chi connectivity index (χ2v) is 3.26. The van der Waals surface area contributed by atoms with Crippen LogP contribution in [-0.4, -0.2) is 24.6 Å². The van der Waals surface area contributed by atoms with Gasteiger partial charge in [0, 0.05) is 12.7 Å². The van der Waals surface area contributed by atoms with Gasteiger partial charge in [-0.2, -0.15) is 0 Å². The average molecular weight is 229 g/mol. The Morgan fingerprint density at radius 3 is 3.07 bits per heavy atom. The molecule has 15 heavy (non-hydrogen) atoms. The Morgan fingerprint density at radius 1 is 1.53 bits per heavy atom. The summed E-state index contributed by atoms with van der Waals surface area (Å²) in [5, 5.41) is 3.25. The molecular formula is C10H13ClN2O2. The molecule has 2 heterocycles. The Morgan fingerprint density at radius 2 is 2.33 bits per heavy atom. The summed E-state index contributed by atoms with van der Waals surface area (Å²) < 4.78 is 4.61. The molecule has 82 valence electrons. The van der Waals surface area contributed by atoms with E-state index in [1.807, 2.05) is 6.07 Å². The average Bonchev–Trinajstić information content (AvgIpc) is 2.27. The summed E-state index contributed by atoms with van der Waals surface area (Å²) in [4.78, 5) is 15.2. The van der Waals surface area contributed by atoms with Crippen LogP contribution in [-0.2, 0) is 17.7 Å². The van der Waals surface area contributed by atoms with E-state index >= 15 is 0 Å². The summed E-state index contributed by atoms with van der Waals surface area (Å²) >= 11 is 0. The SMILES string of the molecule is COC(=O)c1cc2c(cn1)CNCC2.Cl. The standard InChI is InChI=1S/C10H12N2O2.ClH/c1-14-10(13)9-4-7-2-3-11-5-8(7)6-12-9;/h4,6,11H,2-3,5H2,1H3;1H. The molecule has 0 amide bonds. The number of nitrogens with zero attached hydrogens (tertiary/aromatic N) is 1. The molecule has 0 fully saturated rings. The lowest BCUT2D eigenvalue weighted by molar-refractivity contribution is 0.0594. The van der Waals surface area contributed by atoms with Crippen molar-refractivity contribution in [2.75, 3.05) is 13.7 Å². The molecule has 0 bridgehead atoms. The van der Waals surface area contributed by atoms with Crippen LogP contribution in [0, 0.1) is 0 Å². The van der Waals surface area contributed by atoms with Gasteiger partial charge in [-0.25, -0.2) is 9.78 Å². The Kier molecular flexibility index (Phi) is 4.05. The largest absolute Gasteiger partial charge is 0.464 e. The van der Waals surface area contributed by atoms with Gasteiger partial charge in [0.15, 0.2) is 0 Å². The molecule has 1 aliphatic rings. The van der Waals surface area contributed by atoms with Crippen molar-refractivity contribution < 1.29 is 9.53 Å². The highest BCUT2D eigenvalue weighted by Crippen LogP contribution is 2.13. The van der Waals surface area contributed by atoms with Crippen molar-refractivity contribution in [3.8, 4) is 0 Å². The number of ether oxygens (including phenoxy) is 1. The van der Waals surface area contributed by atoms with Crippen molar-refractivity contribution in [3.63, 3.8) is 0 Å².